The predicted octanol–water partition coefficient (Wildman–Crippen LogP) is 5.62. The summed E-state index contributed by atoms with van der Waals surface area (Å²) in [6.07, 6.45) is 0.842. The molecule has 4 aliphatic heterocycles. The number of alkyl halides is 4. The van der Waals surface area contributed by atoms with E-state index in [1.165, 1.54) is 30.5 Å². The minimum atomic E-state index is -4.61. The monoisotopic (exact) mass is 638 g/mol. The van der Waals surface area contributed by atoms with Crippen molar-refractivity contribution in [3.05, 3.63) is 35.7 Å². The van der Waals surface area contributed by atoms with Crippen molar-refractivity contribution in [2.24, 2.45) is 0 Å². The molecule has 4 fully saturated rings. The number of aryl methyl sites for hydroxylation is 1. The summed E-state index contributed by atoms with van der Waals surface area (Å²) in [4.78, 5) is 19.5. The summed E-state index contributed by atoms with van der Waals surface area (Å²) in [5, 5.41) is 12.2. The first-order valence-electron chi connectivity index (χ1n) is 15.3. The first-order chi connectivity index (χ1) is 21.7. The maximum absolute atomic E-state index is 14.6. The Labute approximate surface area is 259 Å². The number of hydrogen-bond donors (Lipinski definition) is 2. The number of anilines is 1. The Balaban J connectivity index is 1.23. The molecule has 4 aliphatic rings. The van der Waals surface area contributed by atoms with Crippen LogP contribution >= 0.6 is 11.3 Å². The molecule has 0 aliphatic carbocycles. The fourth-order valence-electron chi connectivity index (χ4n) is 8.31. The zero-order chi connectivity index (χ0) is 30.7. The lowest BCUT2D eigenvalue weighted by atomic mass is 9.88. The minimum absolute atomic E-state index is 0.00171. The van der Waals surface area contributed by atoms with Crippen molar-refractivity contribution in [3.63, 3.8) is 0 Å². The molecule has 2 bridgehead atoms. The van der Waals surface area contributed by atoms with E-state index in [1.807, 2.05) is 6.07 Å². The van der Waals surface area contributed by atoms with Gasteiger partial charge < -0.3 is 15.0 Å². The van der Waals surface area contributed by atoms with Crippen molar-refractivity contribution in [1.29, 1.82) is 0 Å². The molecule has 0 amide bonds. The van der Waals surface area contributed by atoms with Gasteiger partial charge in [-0.15, -0.1) is 11.3 Å². The summed E-state index contributed by atoms with van der Waals surface area (Å²) >= 11 is 1.30. The summed E-state index contributed by atoms with van der Waals surface area (Å²) in [6.45, 7) is 4.67. The van der Waals surface area contributed by atoms with E-state index in [0.29, 0.717) is 40.0 Å². The predicted molar refractivity (Wildman–Crippen MR) is 164 cm³/mol. The van der Waals surface area contributed by atoms with E-state index in [4.69, 9.17) is 14.7 Å². The van der Waals surface area contributed by atoms with Crippen molar-refractivity contribution >= 4 is 48.4 Å². The van der Waals surface area contributed by atoms with Gasteiger partial charge in [-0.25, -0.2) is 4.39 Å². The molecular formula is C31H30F4N8OS. The van der Waals surface area contributed by atoms with Crippen LogP contribution in [0.15, 0.2) is 24.5 Å². The smallest absolute Gasteiger partial charge is 0.417 e. The molecule has 8 heterocycles. The molecule has 4 aromatic heterocycles. The summed E-state index contributed by atoms with van der Waals surface area (Å²) in [5.74, 6) is 0.727. The highest BCUT2D eigenvalue weighted by Crippen LogP contribution is 2.49. The number of ether oxygens (including phenoxy) is 1. The third kappa shape index (κ3) is 4.10. The van der Waals surface area contributed by atoms with Gasteiger partial charge in [0.1, 0.15) is 23.4 Å². The zero-order valence-corrected chi connectivity index (χ0v) is 25.2. The number of H-pyrrole nitrogens is 1. The lowest BCUT2D eigenvalue weighted by Gasteiger charge is -2.53. The van der Waals surface area contributed by atoms with E-state index in [0.717, 1.165) is 55.5 Å². The number of benzene rings is 1. The number of hydrogen-bond acceptors (Lipinski definition) is 9. The van der Waals surface area contributed by atoms with Crippen LogP contribution in [0.1, 0.15) is 36.8 Å². The van der Waals surface area contributed by atoms with Crippen LogP contribution in [0, 0.1) is 6.92 Å². The lowest BCUT2D eigenvalue weighted by molar-refractivity contribution is -0.137. The molecule has 4 saturated heterocycles. The van der Waals surface area contributed by atoms with E-state index in [9.17, 15) is 17.6 Å². The standard InChI is InChI=1S/C31H30F4N8OS/c1-15-7-21-20(12-38-41-21)22(24(15)31(33,34)35)25-26-19(3-5-37-25)23-27(43-17-8-18(43)11-36-10-17)39-29(40-28(23)45-26)44-14-30-4-2-6-42(30)13-16(32)9-30/h3,5,7,12,16-18,36H,2,4,6,8-11,13-14H2,1H3,(H,38,41)/t16-,17?,18?,30+/m1/s1. The summed E-state index contributed by atoms with van der Waals surface area (Å²) in [5.41, 5.74) is -0.249. The molecule has 0 saturated carbocycles. The molecule has 9 nitrogen and oxygen atoms in total. The number of piperazine rings is 1. The maximum Gasteiger partial charge on any atom is 0.417 e. The number of thiophene rings is 1. The Morgan fingerprint density at radius 3 is 2.82 bits per heavy atom. The molecule has 234 valence electrons. The van der Waals surface area contributed by atoms with Crippen LogP contribution in [0.4, 0.5) is 23.4 Å². The highest BCUT2D eigenvalue weighted by Gasteiger charge is 2.50. The number of nitrogens with one attached hydrogen (secondary N) is 2. The van der Waals surface area contributed by atoms with E-state index in [2.05, 4.69) is 30.3 Å². The van der Waals surface area contributed by atoms with Gasteiger partial charge >= 0.3 is 12.2 Å². The van der Waals surface area contributed by atoms with Crippen LogP contribution in [0.5, 0.6) is 6.01 Å². The number of nitrogens with zero attached hydrogens (tertiary/aromatic N) is 6. The molecule has 5 aromatic rings. The van der Waals surface area contributed by atoms with Crippen LogP contribution in [0.3, 0.4) is 0 Å². The molecule has 2 unspecified atom stereocenters. The average molecular weight is 639 g/mol. The second kappa shape index (κ2) is 9.69. The molecule has 0 spiro atoms. The van der Waals surface area contributed by atoms with Crippen molar-refractivity contribution in [2.75, 3.05) is 37.7 Å². The van der Waals surface area contributed by atoms with Crippen LogP contribution in [0.25, 0.3) is 42.5 Å². The van der Waals surface area contributed by atoms with Gasteiger partial charge in [0, 0.05) is 60.7 Å². The maximum atomic E-state index is 14.6. The van der Waals surface area contributed by atoms with Crippen molar-refractivity contribution in [2.45, 2.75) is 62.6 Å². The Bertz CT molecular complexity index is 1980. The Morgan fingerprint density at radius 2 is 2.02 bits per heavy atom. The summed E-state index contributed by atoms with van der Waals surface area (Å²) in [7, 11) is 0. The molecule has 9 rings (SSSR count). The molecule has 2 N–H and O–H groups in total. The Morgan fingerprint density at radius 1 is 1.18 bits per heavy atom. The van der Waals surface area contributed by atoms with Crippen molar-refractivity contribution < 1.29 is 22.3 Å². The van der Waals surface area contributed by atoms with Crippen molar-refractivity contribution in [3.8, 4) is 17.3 Å². The highest BCUT2D eigenvalue weighted by atomic mass is 32.1. The van der Waals surface area contributed by atoms with Gasteiger partial charge in [-0.05, 0) is 50.4 Å². The normalized spacial score (nSPS) is 26.7. The second-order valence-electron chi connectivity index (χ2n) is 12.9. The largest absolute Gasteiger partial charge is 0.461 e. The topological polar surface area (TPSA) is 95.1 Å². The molecule has 1 aromatic carbocycles. The quantitative estimate of drug-likeness (QED) is 0.240. The van der Waals surface area contributed by atoms with Crippen molar-refractivity contribution in [1.82, 2.24) is 35.4 Å². The molecule has 45 heavy (non-hydrogen) atoms. The number of fused-ring (bicyclic) bond motifs is 7. The van der Waals surface area contributed by atoms with Crippen LogP contribution in [-0.2, 0) is 6.18 Å². The van der Waals surface area contributed by atoms with Crippen LogP contribution < -0.4 is 15.0 Å². The second-order valence-corrected chi connectivity index (χ2v) is 13.9. The van der Waals surface area contributed by atoms with Gasteiger partial charge in [0.15, 0.2) is 0 Å². The SMILES string of the molecule is Cc1cc2[nH]ncc2c(-c2nccc3c2sc2nc(OC[C@@]45CCCN4C[C@H](F)C5)nc(N4C5CNCC4C5)c23)c1C(F)(F)F. The summed E-state index contributed by atoms with van der Waals surface area (Å²) < 4.78 is 65.3. The van der Waals surface area contributed by atoms with Gasteiger partial charge in [0.25, 0.3) is 0 Å². The molecule has 4 atom stereocenters. The summed E-state index contributed by atoms with van der Waals surface area (Å²) in [6, 6.07) is 4.02. The first kappa shape index (κ1) is 27.7. The lowest BCUT2D eigenvalue weighted by Crippen LogP contribution is -2.68. The fourth-order valence-corrected chi connectivity index (χ4v) is 9.46. The Kier molecular flexibility index (Phi) is 5.96. The van der Waals surface area contributed by atoms with E-state index in [-0.39, 0.29) is 40.5 Å². The minimum Gasteiger partial charge on any atom is -0.461 e. The first-order valence-corrected chi connectivity index (χ1v) is 16.2. The third-order valence-corrected chi connectivity index (χ3v) is 11.3. The fraction of sp³-hybridized carbons (Fsp3) is 0.484. The van der Waals surface area contributed by atoms with E-state index < -0.39 is 17.9 Å². The van der Waals surface area contributed by atoms with Gasteiger partial charge in [-0.2, -0.15) is 28.2 Å². The van der Waals surface area contributed by atoms with Gasteiger partial charge in [0.2, 0.25) is 0 Å². The number of aromatic amines is 1. The molecule has 14 heteroatoms. The van der Waals surface area contributed by atoms with Gasteiger partial charge in [-0.3, -0.25) is 15.0 Å². The van der Waals surface area contributed by atoms with Crippen LogP contribution in [0.2, 0.25) is 0 Å². The zero-order valence-electron chi connectivity index (χ0n) is 24.4. The number of rotatable bonds is 5. The third-order valence-electron chi connectivity index (χ3n) is 10.2. The van der Waals surface area contributed by atoms with E-state index >= 15 is 0 Å². The van der Waals surface area contributed by atoms with Gasteiger partial charge in [0.05, 0.1) is 38.6 Å². The number of piperidine rings is 1. The molecule has 0 radical (unpaired) electrons. The highest BCUT2D eigenvalue weighted by molar-refractivity contribution is 7.26. The van der Waals surface area contributed by atoms with Gasteiger partial charge in [-0.1, -0.05) is 0 Å². The Hall–Kier alpha value is -3.62. The van der Waals surface area contributed by atoms with E-state index in [1.54, 1.807) is 6.20 Å². The molecular weight excluding hydrogens is 608 g/mol. The number of halogens is 4. The number of aromatic nitrogens is 5. The van der Waals surface area contributed by atoms with Crippen LogP contribution in [-0.4, -0.2) is 86.6 Å². The number of pyridine rings is 1. The average Bonchev–Trinajstić information content (AvgIpc) is 3.76.